The molecular formula is C14H12N2O. The summed E-state index contributed by atoms with van der Waals surface area (Å²) in [5, 5.41) is 8.99. The van der Waals surface area contributed by atoms with Gasteiger partial charge < -0.3 is 4.74 Å². The SMILES string of the molecule is Cc1ccc(OCc2ccccn2)c(C#N)c1. The van der Waals surface area contributed by atoms with Gasteiger partial charge in [0.05, 0.1) is 11.3 Å². The number of aromatic nitrogens is 1. The molecule has 17 heavy (non-hydrogen) atoms. The minimum atomic E-state index is 0.374. The number of hydrogen-bond acceptors (Lipinski definition) is 3. The Labute approximate surface area is 100 Å². The first kappa shape index (κ1) is 11.2. The van der Waals surface area contributed by atoms with Crippen molar-refractivity contribution >= 4 is 0 Å². The molecule has 0 bridgehead atoms. The largest absolute Gasteiger partial charge is 0.486 e. The van der Waals surface area contributed by atoms with Crippen molar-refractivity contribution in [1.82, 2.24) is 4.98 Å². The van der Waals surface area contributed by atoms with Crippen LogP contribution in [0.15, 0.2) is 42.6 Å². The summed E-state index contributed by atoms with van der Waals surface area (Å²) in [4.78, 5) is 4.16. The first-order valence-electron chi connectivity index (χ1n) is 5.33. The molecule has 0 saturated carbocycles. The predicted octanol–water partition coefficient (Wildman–Crippen LogP) is 2.84. The van der Waals surface area contributed by atoms with Crippen LogP contribution in [0.3, 0.4) is 0 Å². The average molecular weight is 224 g/mol. The van der Waals surface area contributed by atoms with E-state index in [0.29, 0.717) is 17.9 Å². The van der Waals surface area contributed by atoms with Gasteiger partial charge in [-0.3, -0.25) is 4.98 Å². The monoisotopic (exact) mass is 224 g/mol. The molecule has 0 amide bonds. The topological polar surface area (TPSA) is 45.9 Å². The molecule has 0 N–H and O–H groups in total. The fourth-order valence-corrected chi connectivity index (χ4v) is 1.49. The molecule has 0 saturated heterocycles. The van der Waals surface area contributed by atoms with Crippen LogP contribution in [-0.2, 0) is 6.61 Å². The zero-order chi connectivity index (χ0) is 12.1. The lowest BCUT2D eigenvalue weighted by molar-refractivity contribution is 0.300. The Morgan fingerprint density at radius 1 is 1.29 bits per heavy atom. The molecule has 84 valence electrons. The average Bonchev–Trinajstić information content (AvgIpc) is 2.38. The first-order valence-corrected chi connectivity index (χ1v) is 5.33. The molecule has 3 nitrogen and oxygen atoms in total. The molecule has 0 fully saturated rings. The third kappa shape index (κ3) is 2.82. The number of hydrogen-bond donors (Lipinski definition) is 0. The molecule has 0 atom stereocenters. The Morgan fingerprint density at radius 3 is 2.88 bits per heavy atom. The smallest absolute Gasteiger partial charge is 0.137 e. The van der Waals surface area contributed by atoms with Gasteiger partial charge in [-0.2, -0.15) is 5.26 Å². The fraction of sp³-hybridized carbons (Fsp3) is 0.143. The van der Waals surface area contributed by atoms with Gasteiger partial charge in [-0.25, -0.2) is 0 Å². The van der Waals surface area contributed by atoms with Gasteiger partial charge in [-0.05, 0) is 36.8 Å². The Balaban J connectivity index is 2.12. The molecule has 2 aromatic rings. The molecule has 0 aliphatic rings. The van der Waals surface area contributed by atoms with Crippen LogP contribution in [0.25, 0.3) is 0 Å². The van der Waals surface area contributed by atoms with E-state index in [1.807, 2.05) is 43.3 Å². The number of nitrogens with zero attached hydrogens (tertiary/aromatic N) is 2. The maximum absolute atomic E-state index is 8.99. The molecule has 0 spiro atoms. The minimum Gasteiger partial charge on any atom is -0.486 e. The highest BCUT2D eigenvalue weighted by molar-refractivity contribution is 5.45. The van der Waals surface area contributed by atoms with E-state index in [1.165, 1.54) is 0 Å². The third-order valence-electron chi connectivity index (χ3n) is 2.36. The van der Waals surface area contributed by atoms with Crippen LogP contribution in [0, 0.1) is 18.3 Å². The summed E-state index contributed by atoms with van der Waals surface area (Å²) < 4.78 is 5.58. The zero-order valence-electron chi connectivity index (χ0n) is 9.55. The van der Waals surface area contributed by atoms with Crippen molar-refractivity contribution < 1.29 is 4.74 Å². The molecule has 3 heteroatoms. The van der Waals surface area contributed by atoms with Crippen LogP contribution in [0.5, 0.6) is 5.75 Å². The summed E-state index contributed by atoms with van der Waals surface area (Å²) in [7, 11) is 0. The third-order valence-corrected chi connectivity index (χ3v) is 2.36. The van der Waals surface area contributed by atoms with E-state index in [4.69, 9.17) is 10.00 Å². The molecular weight excluding hydrogens is 212 g/mol. The maximum Gasteiger partial charge on any atom is 0.137 e. The van der Waals surface area contributed by atoms with Gasteiger partial charge in [0, 0.05) is 6.20 Å². The molecule has 2 rings (SSSR count). The van der Waals surface area contributed by atoms with Crippen molar-refractivity contribution in [2.24, 2.45) is 0 Å². The highest BCUT2D eigenvalue weighted by atomic mass is 16.5. The highest BCUT2D eigenvalue weighted by Gasteiger charge is 2.03. The fourth-order valence-electron chi connectivity index (χ4n) is 1.49. The maximum atomic E-state index is 8.99. The highest BCUT2D eigenvalue weighted by Crippen LogP contribution is 2.19. The Kier molecular flexibility index (Phi) is 3.37. The zero-order valence-corrected chi connectivity index (χ0v) is 9.55. The van der Waals surface area contributed by atoms with E-state index < -0.39 is 0 Å². The Hall–Kier alpha value is -2.34. The standard InChI is InChI=1S/C14H12N2O/c1-11-5-6-14(12(8-11)9-15)17-10-13-4-2-3-7-16-13/h2-8H,10H2,1H3. The summed E-state index contributed by atoms with van der Waals surface area (Å²) >= 11 is 0. The predicted molar refractivity (Wildman–Crippen MR) is 64.5 cm³/mol. The van der Waals surface area contributed by atoms with Gasteiger partial charge in [0.25, 0.3) is 0 Å². The van der Waals surface area contributed by atoms with Crippen molar-refractivity contribution in [1.29, 1.82) is 5.26 Å². The lowest BCUT2D eigenvalue weighted by Gasteiger charge is -2.07. The lowest BCUT2D eigenvalue weighted by atomic mass is 10.1. The summed E-state index contributed by atoms with van der Waals surface area (Å²) in [5.74, 6) is 0.601. The van der Waals surface area contributed by atoms with E-state index in [2.05, 4.69) is 11.1 Å². The number of pyridine rings is 1. The van der Waals surface area contributed by atoms with Crippen molar-refractivity contribution in [2.45, 2.75) is 13.5 Å². The Bertz CT molecular complexity index is 544. The van der Waals surface area contributed by atoms with Gasteiger partial charge in [0.15, 0.2) is 0 Å². The quantitative estimate of drug-likeness (QED) is 0.805. The summed E-state index contributed by atoms with van der Waals surface area (Å²) in [6.07, 6.45) is 1.72. The summed E-state index contributed by atoms with van der Waals surface area (Å²) in [6.45, 7) is 2.32. The number of benzene rings is 1. The van der Waals surface area contributed by atoms with Gasteiger partial charge in [0.2, 0.25) is 0 Å². The second-order valence-electron chi connectivity index (χ2n) is 3.72. The van der Waals surface area contributed by atoms with Gasteiger partial charge in [-0.1, -0.05) is 12.1 Å². The second kappa shape index (κ2) is 5.13. The van der Waals surface area contributed by atoms with Crippen molar-refractivity contribution in [3.05, 3.63) is 59.4 Å². The normalized spacial score (nSPS) is 9.65. The molecule has 1 aromatic heterocycles. The van der Waals surface area contributed by atoms with E-state index in [0.717, 1.165) is 11.3 Å². The molecule has 0 aliphatic carbocycles. The van der Waals surface area contributed by atoms with E-state index in [-0.39, 0.29) is 0 Å². The second-order valence-corrected chi connectivity index (χ2v) is 3.72. The van der Waals surface area contributed by atoms with E-state index in [1.54, 1.807) is 6.20 Å². The molecule has 1 aromatic carbocycles. The van der Waals surface area contributed by atoms with Gasteiger partial charge >= 0.3 is 0 Å². The number of nitriles is 1. The van der Waals surface area contributed by atoms with Crippen molar-refractivity contribution in [3.8, 4) is 11.8 Å². The lowest BCUT2D eigenvalue weighted by Crippen LogP contribution is -1.99. The van der Waals surface area contributed by atoms with Crippen LogP contribution in [0.1, 0.15) is 16.8 Å². The Morgan fingerprint density at radius 2 is 2.18 bits per heavy atom. The van der Waals surface area contributed by atoms with Crippen LogP contribution < -0.4 is 4.74 Å². The van der Waals surface area contributed by atoms with E-state index >= 15 is 0 Å². The van der Waals surface area contributed by atoms with Crippen molar-refractivity contribution in [3.63, 3.8) is 0 Å². The number of ether oxygens (including phenoxy) is 1. The molecule has 0 radical (unpaired) electrons. The van der Waals surface area contributed by atoms with Crippen LogP contribution in [0.2, 0.25) is 0 Å². The van der Waals surface area contributed by atoms with Crippen LogP contribution in [0.4, 0.5) is 0 Å². The van der Waals surface area contributed by atoms with Crippen LogP contribution >= 0.6 is 0 Å². The first-order chi connectivity index (χ1) is 8.29. The summed E-state index contributed by atoms with van der Waals surface area (Å²) in [5.41, 5.74) is 2.45. The van der Waals surface area contributed by atoms with Gasteiger partial charge in [0.1, 0.15) is 18.4 Å². The van der Waals surface area contributed by atoms with Gasteiger partial charge in [-0.15, -0.1) is 0 Å². The minimum absolute atomic E-state index is 0.374. The van der Waals surface area contributed by atoms with Crippen LogP contribution in [-0.4, -0.2) is 4.98 Å². The molecule has 1 heterocycles. The number of rotatable bonds is 3. The number of aryl methyl sites for hydroxylation is 1. The summed E-state index contributed by atoms with van der Waals surface area (Å²) in [6, 6.07) is 13.3. The van der Waals surface area contributed by atoms with Crippen molar-refractivity contribution in [2.75, 3.05) is 0 Å². The molecule has 0 aliphatic heterocycles. The molecule has 0 unspecified atom stereocenters. The van der Waals surface area contributed by atoms with E-state index in [9.17, 15) is 0 Å².